The Bertz CT molecular complexity index is 758. The molecule has 0 spiro atoms. The first-order chi connectivity index (χ1) is 11.8. The van der Waals surface area contributed by atoms with Gasteiger partial charge in [-0.05, 0) is 0 Å². The Hall–Kier alpha value is -2.39. The third kappa shape index (κ3) is 1.93. The van der Waals surface area contributed by atoms with Gasteiger partial charge in [-0.3, -0.25) is 9.59 Å². The molecule has 9 heteroatoms. The fourth-order valence-electron chi connectivity index (χ4n) is 4.44. The van der Waals surface area contributed by atoms with Crippen LogP contribution in [0.25, 0.3) is 0 Å². The summed E-state index contributed by atoms with van der Waals surface area (Å²) in [5.41, 5.74) is 5.20. The molecule has 0 aromatic rings. The maximum absolute atomic E-state index is 13.1. The fourth-order valence-corrected chi connectivity index (χ4v) is 4.44. The van der Waals surface area contributed by atoms with Crippen LogP contribution < -0.4 is 11.1 Å². The zero-order chi connectivity index (χ0) is 18.1. The average Bonchev–Trinajstić information content (AvgIpc) is 3.15. The Morgan fingerprint density at radius 2 is 2.20 bits per heavy atom. The number of Topliss-reactive ketones (excluding diaryl/α,β-unsaturated/α-hetero) is 1. The van der Waals surface area contributed by atoms with Crippen molar-refractivity contribution in [2.45, 2.75) is 17.8 Å². The van der Waals surface area contributed by atoms with Crippen LogP contribution in [0.5, 0.6) is 0 Å². The predicted octanol–water partition coefficient (Wildman–Crippen LogP) is -1.44. The molecule has 2 fully saturated rings. The van der Waals surface area contributed by atoms with Crippen molar-refractivity contribution in [1.29, 1.82) is 0 Å². The van der Waals surface area contributed by atoms with E-state index in [1.807, 2.05) is 4.90 Å². The van der Waals surface area contributed by atoms with Crippen LogP contribution in [0.3, 0.4) is 0 Å². The lowest BCUT2D eigenvalue weighted by molar-refractivity contribution is -0.137. The van der Waals surface area contributed by atoms with Gasteiger partial charge >= 0.3 is 6.09 Å². The van der Waals surface area contributed by atoms with Crippen LogP contribution in [-0.4, -0.2) is 79.6 Å². The molecular weight excluding hydrogens is 328 g/mol. The summed E-state index contributed by atoms with van der Waals surface area (Å²) in [5, 5.41) is 3.31. The SMILES string of the molecule is CO[C@@]12C(COC(N)=O)C3=C(C(=O)C=C(N(C)C)C3=O)N1CC1NC12. The van der Waals surface area contributed by atoms with Crippen LogP contribution in [0.2, 0.25) is 0 Å². The van der Waals surface area contributed by atoms with Gasteiger partial charge in [-0.25, -0.2) is 4.79 Å². The van der Waals surface area contributed by atoms with E-state index in [0.717, 1.165) is 0 Å². The third-order valence-electron chi connectivity index (χ3n) is 5.49. The largest absolute Gasteiger partial charge is 0.449 e. The van der Waals surface area contributed by atoms with Crippen molar-refractivity contribution in [2.24, 2.45) is 11.7 Å². The van der Waals surface area contributed by atoms with Crippen molar-refractivity contribution >= 4 is 17.7 Å². The number of hydrogen-bond acceptors (Lipinski definition) is 8. The van der Waals surface area contributed by atoms with E-state index in [2.05, 4.69) is 5.32 Å². The van der Waals surface area contributed by atoms with E-state index in [1.54, 1.807) is 26.1 Å². The van der Waals surface area contributed by atoms with E-state index < -0.39 is 17.7 Å². The van der Waals surface area contributed by atoms with Crippen LogP contribution in [-0.2, 0) is 19.1 Å². The lowest BCUT2D eigenvalue weighted by Crippen LogP contribution is -2.55. The van der Waals surface area contributed by atoms with Gasteiger partial charge in [0.1, 0.15) is 6.61 Å². The summed E-state index contributed by atoms with van der Waals surface area (Å²) in [5.74, 6) is -1.08. The number of nitrogens with one attached hydrogen (secondary N) is 1. The van der Waals surface area contributed by atoms with Gasteiger partial charge < -0.3 is 30.3 Å². The molecule has 4 aliphatic rings. The second-order valence-corrected chi connectivity index (χ2v) is 6.88. The number of nitrogens with two attached hydrogens (primary N) is 1. The number of ether oxygens (including phenoxy) is 2. The molecule has 134 valence electrons. The van der Waals surface area contributed by atoms with Gasteiger partial charge in [0.05, 0.1) is 23.4 Å². The number of piperazine rings is 1. The number of carbonyl (C=O) groups is 3. The van der Waals surface area contributed by atoms with Gasteiger partial charge in [-0.2, -0.15) is 0 Å². The summed E-state index contributed by atoms with van der Waals surface area (Å²) in [4.78, 5) is 40.5. The molecule has 3 unspecified atom stereocenters. The van der Waals surface area contributed by atoms with Crippen LogP contribution in [0.15, 0.2) is 23.0 Å². The average molecular weight is 348 g/mol. The number of carbonyl (C=O) groups excluding carboxylic acids is 3. The molecule has 25 heavy (non-hydrogen) atoms. The predicted molar refractivity (Wildman–Crippen MR) is 85.0 cm³/mol. The maximum Gasteiger partial charge on any atom is 0.404 e. The summed E-state index contributed by atoms with van der Waals surface area (Å²) >= 11 is 0. The Morgan fingerprint density at radius 3 is 2.80 bits per heavy atom. The van der Waals surface area contributed by atoms with E-state index in [-0.39, 0.29) is 30.3 Å². The van der Waals surface area contributed by atoms with Crippen molar-refractivity contribution in [3.63, 3.8) is 0 Å². The van der Waals surface area contributed by atoms with Crippen LogP contribution in [0, 0.1) is 5.92 Å². The molecule has 9 nitrogen and oxygen atoms in total. The van der Waals surface area contributed by atoms with Crippen molar-refractivity contribution in [1.82, 2.24) is 15.1 Å². The van der Waals surface area contributed by atoms with Crippen LogP contribution in [0.1, 0.15) is 0 Å². The smallest absolute Gasteiger partial charge is 0.404 e. The van der Waals surface area contributed by atoms with Gasteiger partial charge in [-0.15, -0.1) is 0 Å². The number of nitrogens with zero attached hydrogens (tertiary/aromatic N) is 2. The van der Waals surface area contributed by atoms with Crippen LogP contribution >= 0.6 is 0 Å². The first-order valence-electron chi connectivity index (χ1n) is 8.06. The number of methoxy groups -OCH3 is 1. The van der Waals surface area contributed by atoms with Crippen molar-refractivity contribution in [3.8, 4) is 0 Å². The quantitative estimate of drug-likeness (QED) is 0.468. The fraction of sp³-hybridized carbons (Fsp3) is 0.562. The Labute approximate surface area is 144 Å². The Balaban J connectivity index is 1.82. The monoisotopic (exact) mass is 348 g/mol. The highest BCUT2D eigenvalue weighted by atomic mass is 16.6. The minimum atomic E-state index is -0.928. The normalized spacial score (nSPS) is 35.2. The number of rotatable bonds is 4. The highest BCUT2D eigenvalue weighted by molar-refractivity contribution is 6.23. The van der Waals surface area contributed by atoms with Crippen molar-refractivity contribution in [3.05, 3.63) is 23.0 Å². The lowest BCUT2D eigenvalue weighted by atomic mass is 9.84. The molecule has 0 radical (unpaired) electrons. The number of hydrogen-bond donors (Lipinski definition) is 2. The topological polar surface area (TPSA) is 124 Å². The highest BCUT2D eigenvalue weighted by Gasteiger charge is 2.72. The number of amides is 1. The third-order valence-corrected chi connectivity index (χ3v) is 5.49. The number of fused-ring (bicyclic) bond motifs is 4. The molecule has 0 aromatic carbocycles. The molecular formula is C16H20N4O5. The molecule has 0 aromatic heterocycles. The standard InChI is InChI=1S/C16H20N4O5/c1-19(2)9-4-10(21)12-11(13(9)22)7(6-25-15(17)23)16(24-3)14-8(18-14)5-20(12)16/h4,7-8,14,18H,5-6H2,1-3H3,(H2,17,23)/t7?,8?,14?,16-/m1/s1. The molecule has 4 rings (SSSR count). The first-order valence-corrected chi connectivity index (χ1v) is 8.06. The van der Waals surface area contributed by atoms with E-state index in [4.69, 9.17) is 15.2 Å². The summed E-state index contributed by atoms with van der Waals surface area (Å²) in [6, 6.07) is 0.153. The molecule has 3 aliphatic heterocycles. The van der Waals surface area contributed by atoms with E-state index in [0.29, 0.717) is 23.5 Å². The zero-order valence-electron chi connectivity index (χ0n) is 14.2. The molecule has 3 heterocycles. The van der Waals surface area contributed by atoms with E-state index >= 15 is 0 Å². The van der Waals surface area contributed by atoms with Gasteiger partial charge in [0.15, 0.2) is 5.72 Å². The van der Waals surface area contributed by atoms with Crippen molar-refractivity contribution in [2.75, 3.05) is 34.4 Å². The number of ketones is 2. The molecule has 3 N–H and O–H groups in total. The summed E-state index contributed by atoms with van der Waals surface area (Å²) in [6.45, 7) is 0.442. The zero-order valence-corrected chi connectivity index (χ0v) is 14.2. The Kier molecular flexibility index (Phi) is 3.26. The molecule has 0 bridgehead atoms. The molecule has 2 saturated heterocycles. The molecule has 1 aliphatic carbocycles. The van der Waals surface area contributed by atoms with Gasteiger partial charge in [-0.1, -0.05) is 0 Å². The maximum atomic E-state index is 13.1. The molecule has 0 saturated carbocycles. The lowest BCUT2D eigenvalue weighted by Gasteiger charge is -2.39. The molecule has 4 atom stereocenters. The summed E-state index contributed by atoms with van der Waals surface area (Å²) < 4.78 is 10.9. The molecule has 1 amide bonds. The number of allylic oxidation sites excluding steroid dienone is 2. The van der Waals surface area contributed by atoms with Gasteiger partial charge in [0.2, 0.25) is 11.6 Å². The number of primary amides is 1. The second kappa shape index (κ2) is 5.06. The van der Waals surface area contributed by atoms with Gasteiger partial charge in [0.25, 0.3) is 0 Å². The number of likely N-dealkylation sites (N-methyl/N-ethyl adjacent to an activating group) is 1. The Morgan fingerprint density at radius 1 is 1.48 bits per heavy atom. The van der Waals surface area contributed by atoms with E-state index in [9.17, 15) is 14.4 Å². The van der Waals surface area contributed by atoms with E-state index in [1.165, 1.54) is 6.08 Å². The second-order valence-electron chi connectivity index (χ2n) is 6.88. The minimum Gasteiger partial charge on any atom is -0.449 e. The summed E-state index contributed by atoms with van der Waals surface area (Å²) in [6.07, 6.45) is 0.430. The van der Waals surface area contributed by atoms with Crippen LogP contribution in [0.4, 0.5) is 4.79 Å². The van der Waals surface area contributed by atoms with Crippen molar-refractivity contribution < 1.29 is 23.9 Å². The highest BCUT2D eigenvalue weighted by Crippen LogP contribution is 2.55. The summed E-state index contributed by atoms with van der Waals surface area (Å²) in [7, 11) is 4.95. The minimum absolute atomic E-state index is 0.0343. The van der Waals surface area contributed by atoms with Gasteiger partial charge in [0, 0.05) is 45.4 Å². The first kappa shape index (κ1) is 16.1.